The van der Waals surface area contributed by atoms with Gasteiger partial charge in [0.05, 0.1) is 0 Å². The van der Waals surface area contributed by atoms with Crippen LogP contribution >= 0.6 is 0 Å². The average Bonchev–Trinajstić information content (AvgIpc) is 0.811. The first-order chi connectivity index (χ1) is 1.73. The molecular weight excluding hydrogens is 179 g/mol. The zero-order chi connectivity index (χ0) is 3.58. The Labute approximate surface area is 30.6 Å². The van der Waals surface area contributed by atoms with E-state index in [0.29, 0.717) is 0 Å². The standard InChI is InChI=1S/FHO2Te/c1-4(2)3/h(H,2,3). The second-order valence-electron chi connectivity index (χ2n) is 0.207. The van der Waals surface area contributed by atoms with Crippen LogP contribution in [0.5, 0.6) is 0 Å². The Morgan fingerprint density at radius 3 is 2.00 bits per heavy atom. The van der Waals surface area contributed by atoms with E-state index in [0.717, 1.165) is 0 Å². The van der Waals surface area contributed by atoms with Crippen LogP contribution in [-0.2, 0) is 3.10 Å². The maximum atomic E-state index is 10.2. The molecule has 0 amide bonds. The zero-order valence-electron chi connectivity index (χ0n) is 1.64. The minimum absolute atomic E-state index is 4.11. The van der Waals surface area contributed by atoms with Gasteiger partial charge in [-0.2, -0.15) is 0 Å². The van der Waals surface area contributed by atoms with Crippen LogP contribution in [-0.4, -0.2) is 24.0 Å². The van der Waals surface area contributed by atoms with E-state index in [2.05, 4.69) is 0 Å². The van der Waals surface area contributed by atoms with Gasteiger partial charge in [0.15, 0.2) is 0 Å². The Balaban J connectivity index is 2.80. The zero-order valence-corrected chi connectivity index (χ0v) is 3.97. The fourth-order valence-corrected chi connectivity index (χ4v) is 0. The molecule has 0 fully saturated rings. The average molecular weight is 180 g/mol. The van der Waals surface area contributed by atoms with Crippen molar-refractivity contribution in [3.05, 3.63) is 0 Å². The second kappa shape index (κ2) is 1.77. The molecule has 1 N–H and O–H groups in total. The van der Waals surface area contributed by atoms with Crippen LogP contribution < -0.4 is 0 Å². The molecular formula is HFO2Te. The van der Waals surface area contributed by atoms with Crippen molar-refractivity contribution in [2.24, 2.45) is 0 Å². The quantitative estimate of drug-likeness (QED) is 0.503. The van der Waals surface area contributed by atoms with E-state index in [1.165, 1.54) is 0 Å². The summed E-state index contributed by atoms with van der Waals surface area (Å²) in [5, 5.41) is 0. The van der Waals surface area contributed by atoms with E-state index in [1.807, 2.05) is 0 Å². The number of hydrogen-bond acceptors (Lipinski definition) is 1. The predicted molar refractivity (Wildman–Crippen MR) is 9.77 cm³/mol. The molecule has 0 heterocycles. The maximum absolute atomic E-state index is 10.2. The molecule has 0 aliphatic rings. The van der Waals surface area contributed by atoms with Crippen molar-refractivity contribution in [2.45, 2.75) is 0 Å². The molecule has 0 unspecified atom stereocenters. The molecule has 0 saturated heterocycles. The third-order valence-corrected chi connectivity index (χ3v) is 0. The molecule has 4 heteroatoms. The summed E-state index contributed by atoms with van der Waals surface area (Å²) in [5.74, 6) is 0. The van der Waals surface area contributed by atoms with Crippen molar-refractivity contribution in [1.82, 2.24) is 0 Å². The topological polar surface area (TPSA) is 37.3 Å². The van der Waals surface area contributed by atoms with Gasteiger partial charge < -0.3 is 0 Å². The first-order valence-electron chi connectivity index (χ1n) is 0.504. The minimum atomic E-state index is -4.11. The van der Waals surface area contributed by atoms with Gasteiger partial charge >= 0.3 is 30.0 Å². The molecule has 0 saturated carbocycles. The van der Waals surface area contributed by atoms with Crippen molar-refractivity contribution in [1.29, 1.82) is 0 Å². The second-order valence-corrected chi connectivity index (χ2v) is 1.39. The third-order valence-electron chi connectivity index (χ3n) is 0. The monoisotopic (exact) mass is 182 g/mol. The molecule has 0 aromatic carbocycles. The summed E-state index contributed by atoms with van der Waals surface area (Å²) < 4.78 is 25.8. The molecule has 0 spiro atoms. The fraction of sp³-hybridized carbons (Fsp3) is 0. The van der Waals surface area contributed by atoms with Crippen molar-refractivity contribution in [2.75, 3.05) is 0 Å². The predicted octanol–water partition coefficient (Wildman–Crippen LogP) is -0.636. The van der Waals surface area contributed by atoms with Crippen LogP contribution in [0.1, 0.15) is 0 Å². The van der Waals surface area contributed by atoms with Gasteiger partial charge in [0, 0.05) is 0 Å². The van der Waals surface area contributed by atoms with Crippen LogP contribution in [0.15, 0.2) is 0 Å². The molecule has 0 atom stereocenters. The molecule has 0 aromatic rings. The molecule has 0 bridgehead atoms. The van der Waals surface area contributed by atoms with E-state index >= 15 is 0 Å². The summed E-state index contributed by atoms with van der Waals surface area (Å²) in [7, 11) is 0. The van der Waals surface area contributed by atoms with Gasteiger partial charge in [0.1, 0.15) is 0 Å². The normalized spacial score (nSPS) is 8.75. The van der Waals surface area contributed by atoms with Gasteiger partial charge in [-0.1, -0.05) is 0 Å². The molecule has 0 radical (unpaired) electrons. The third kappa shape index (κ3) is 23.6. The molecule has 2 nitrogen and oxygen atoms in total. The summed E-state index contributed by atoms with van der Waals surface area (Å²) in [6, 6.07) is 0. The van der Waals surface area contributed by atoms with Gasteiger partial charge in [0.25, 0.3) is 0 Å². The number of rotatable bonds is 0. The molecule has 4 heavy (non-hydrogen) atoms. The molecule has 0 aromatic heterocycles. The van der Waals surface area contributed by atoms with Crippen LogP contribution in [0.25, 0.3) is 0 Å². The van der Waals surface area contributed by atoms with E-state index in [9.17, 15) is 2.89 Å². The van der Waals surface area contributed by atoms with Crippen LogP contribution in [0.3, 0.4) is 0 Å². The molecule has 0 aliphatic carbocycles. The summed E-state index contributed by atoms with van der Waals surface area (Å²) >= 11 is -4.11. The van der Waals surface area contributed by atoms with Crippen LogP contribution in [0.2, 0.25) is 0 Å². The number of hydrogen-bond donors (Lipinski definition) is 1. The summed E-state index contributed by atoms with van der Waals surface area (Å²) in [5.41, 5.74) is 0. The Morgan fingerprint density at radius 2 is 2.00 bits per heavy atom. The molecule has 26 valence electrons. The molecule has 0 aliphatic heterocycles. The van der Waals surface area contributed by atoms with Crippen LogP contribution in [0, 0.1) is 0 Å². The SMILES string of the molecule is O=[Te](O)F. The van der Waals surface area contributed by atoms with Gasteiger partial charge in [-0.15, -0.1) is 0 Å². The molecule has 0 rings (SSSR count). The Bertz CT molecular complexity index is 29.0. The van der Waals surface area contributed by atoms with E-state index in [1.54, 1.807) is 0 Å². The van der Waals surface area contributed by atoms with Crippen molar-refractivity contribution in [3.63, 3.8) is 0 Å². The first kappa shape index (κ1) is 4.48. The van der Waals surface area contributed by atoms with Crippen LogP contribution in [0.4, 0.5) is 2.89 Å². The van der Waals surface area contributed by atoms with E-state index in [-0.39, 0.29) is 0 Å². The van der Waals surface area contributed by atoms with Crippen molar-refractivity contribution < 1.29 is 9.47 Å². The fourth-order valence-electron chi connectivity index (χ4n) is 0. The summed E-state index contributed by atoms with van der Waals surface area (Å²) in [4.78, 5) is 0. The van der Waals surface area contributed by atoms with Gasteiger partial charge in [-0.25, -0.2) is 0 Å². The Hall–Kier alpha value is 0.480. The van der Waals surface area contributed by atoms with Gasteiger partial charge in [-0.3, -0.25) is 0 Å². The van der Waals surface area contributed by atoms with Crippen molar-refractivity contribution >= 4 is 20.5 Å². The summed E-state index contributed by atoms with van der Waals surface area (Å²) in [6.07, 6.45) is 0. The summed E-state index contributed by atoms with van der Waals surface area (Å²) in [6.45, 7) is 0. The van der Waals surface area contributed by atoms with Crippen molar-refractivity contribution in [3.8, 4) is 0 Å². The van der Waals surface area contributed by atoms with E-state index in [4.69, 9.17) is 6.58 Å². The van der Waals surface area contributed by atoms with Gasteiger partial charge in [0.2, 0.25) is 0 Å². The van der Waals surface area contributed by atoms with E-state index < -0.39 is 20.5 Å². The van der Waals surface area contributed by atoms with Gasteiger partial charge in [-0.05, 0) is 0 Å². The Morgan fingerprint density at radius 1 is 2.00 bits per heavy atom. The first-order valence-corrected chi connectivity index (χ1v) is 3.38. The number of halogens is 1. The Kier molecular flexibility index (Phi) is 1.98.